The number of hydrogen-bond donors (Lipinski definition) is 2. The topological polar surface area (TPSA) is 241 Å². The lowest BCUT2D eigenvalue weighted by molar-refractivity contribution is -0.139. The summed E-state index contributed by atoms with van der Waals surface area (Å²) < 4.78 is 21.1. The van der Waals surface area contributed by atoms with Gasteiger partial charge in [-0.05, 0) is 180 Å². The summed E-state index contributed by atoms with van der Waals surface area (Å²) in [6, 6.07) is 76.2. The highest BCUT2D eigenvalue weighted by Crippen LogP contribution is 2.44. The molecule has 0 amide bonds. The van der Waals surface area contributed by atoms with Crippen molar-refractivity contribution in [2.75, 3.05) is 145 Å². The smallest absolute Gasteiger partial charge is 0.341 e. The number of carbonyl (C=O) groups is 2. The van der Waals surface area contributed by atoms with Crippen molar-refractivity contribution in [1.29, 1.82) is 0 Å². The van der Waals surface area contributed by atoms with E-state index >= 15 is 0 Å². The number of ketones is 1. The molecule has 0 bridgehead atoms. The monoisotopic (exact) mass is 1900 g/mol. The first-order chi connectivity index (χ1) is 67.8. The number of aromatic nitrogens is 10. The van der Waals surface area contributed by atoms with Gasteiger partial charge in [0, 0.05) is 204 Å². The summed E-state index contributed by atoms with van der Waals surface area (Å²) in [7, 11) is 3.43. The van der Waals surface area contributed by atoms with Gasteiger partial charge in [0.15, 0.2) is 6.61 Å². The SMILES string of the molecule is CC(C)c1cc(N2CCCN(Cc3cnc(-c4ccccc4)s3)CC2)c2ncccc2c1.CCC(c1ccn(-c2ccccc2)n1)N1CCCN(c2c(OCC(=O)O)c(C)cc3cccnc23)CC1.COc1ccc2cccnc2c1N1CCCN(C(CC(C)=O)c2csc(-c3ccccc3)n2)CC1.COc1ccc2cccnc2c1N1CCCN(C(c2ccn(-c3ccccc3)n2)C(C)(C)O)CC1. The van der Waals surface area contributed by atoms with Gasteiger partial charge in [0.25, 0.3) is 0 Å². The number of ether oxygens (including phenoxy) is 3. The standard InChI is InChI=1S/C29H33N5O3.C28H33N5O2.C28H30N4O2S.C27H30N4S/c1-3-25(24-12-16-34(31-24)23-10-5-4-6-11-23)32-14-8-15-33(18-17-32)28-27-22(9-7-13-30-27)19-21(2)29(28)37-20-26(35)36;1-28(2,34)27(23-14-18-33(30-23)22-10-5-4-6-11-22)32-17-8-16-31(19-20-32)26-24(35-3)13-12-21-9-7-15-29-25(21)26;1-20(33)18-24(23-19-35-28(30-23)22-8-4-3-5-9-22)31-14-7-15-32(17-16-31)27-25(34-2)12-11-21-10-6-13-29-26(21)27;1-20(2)23-16-22-10-6-11-28-26(22)25(17-23)31-13-7-12-30(14-15-31)19-24-18-29-27(32-24)21-8-4-3-5-9-21/h4-7,9-13,16,19,25H,3,8,14-15,17-18,20H2,1-2H3,(H,35,36);4-7,9-15,18,27,34H,8,16-17,19-20H2,1-3H3;3-6,8-13,19,24H,7,14-18H2,1-2H3;3-6,8-11,16-18,20H,7,12-15,19H2,1-2H3. The number of benzene rings is 8. The van der Waals surface area contributed by atoms with Crippen LogP contribution in [-0.4, -0.2) is 222 Å². The van der Waals surface area contributed by atoms with Crippen molar-refractivity contribution in [3.05, 3.63) is 306 Å². The number of pyridine rings is 4. The number of para-hydroxylation sites is 2. The van der Waals surface area contributed by atoms with E-state index in [1.165, 1.54) is 27.1 Å². The molecule has 0 radical (unpaired) electrons. The number of hydrogen-bond acceptors (Lipinski definition) is 24. The van der Waals surface area contributed by atoms with Crippen molar-refractivity contribution in [3.63, 3.8) is 0 Å². The fraction of sp³-hybridized carbons (Fsp3) is 0.339. The molecule has 0 aliphatic carbocycles. The van der Waals surface area contributed by atoms with Crippen molar-refractivity contribution in [2.24, 2.45) is 0 Å². The van der Waals surface area contributed by atoms with Crippen molar-refractivity contribution >= 4 is 101 Å². The molecule has 718 valence electrons. The average molecular weight is 1900 g/mol. The van der Waals surface area contributed by atoms with Gasteiger partial charge in [-0.2, -0.15) is 10.2 Å². The van der Waals surface area contributed by atoms with Crippen LogP contribution in [0, 0.1) is 6.92 Å². The number of Topliss-reactive ketones (excluding diaryl/α,β-unsaturated/α-hetero) is 1. The zero-order valence-corrected chi connectivity index (χ0v) is 82.7. The number of rotatable bonds is 26. The Kier molecular flexibility index (Phi) is 32.1. The van der Waals surface area contributed by atoms with Crippen LogP contribution in [-0.2, 0) is 16.1 Å². The van der Waals surface area contributed by atoms with Crippen LogP contribution in [0.3, 0.4) is 0 Å². The highest BCUT2D eigenvalue weighted by atomic mass is 32.1. The maximum atomic E-state index is 12.3. The van der Waals surface area contributed by atoms with Crippen LogP contribution in [0.15, 0.2) is 273 Å². The minimum absolute atomic E-state index is 0.0197. The van der Waals surface area contributed by atoms with Gasteiger partial charge in [0.1, 0.15) is 50.1 Å². The van der Waals surface area contributed by atoms with E-state index in [2.05, 4.69) is 195 Å². The Hall–Kier alpha value is -13.4. The number of carbonyl (C=O) groups excluding carboxylic acids is 1. The lowest BCUT2D eigenvalue weighted by atomic mass is 9.94. The van der Waals surface area contributed by atoms with Crippen LogP contribution in [0.4, 0.5) is 22.7 Å². The van der Waals surface area contributed by atoms with E-state index in [1.807, 2.05) is 194 Å². The Morgan fingerprint density at radius 2 is 0.957 bits per heavy atom. The summed E-state index contributed by atoms with van der Waals surface area (Å²) >= 11 is 3.46. The van der Waals surface area contributed by atoms with Gasteiger partial charge in [-0.25, -0.2) is 24.1 Å². The minimum Gasteiger partial charge on any atom is -0.494 e. The van der Waals surface area contributed by atoms with E-state index in [9.17, 15) is 19.8 Å². The largest absolute Gasteiger partial charge is 0.494 e. The third kappa shape index (κ3) is 23.6. The number of aliphatic hydroxyl groups is 1. The minimum atomic E-state index is -0.991. The summed E-state index contributed by atoms with van der Waals surface area (Å²) in [5, 5.41) is 39.0. The van der Waals surface area contributed by atoms with Crippen LogP contribution in [0.1, 0.15) is 137 Å². The number of anilines is 4. The Morgan fingerprint density at radius 1 is 0.475 bits per heavy atom. The van der Waals surface area contributed by atoms with E-state index in [1.54, 1.807) is 38.7 Å². The molecule has 20 rings (SSSR count). The lowest BCUT2D eigenvalue weighted by Gasteiger charge is -2.37. The molecular weight excluding hydrogens is 1770 g/mol. The summed E-state index contributed by atoms with van der Waals surface area (Å²) in [4.78, 5) is 72.8. The maximum absolute atomic E-state index is 12.3. The zero-order valence-electron chi connectivity index (χ0n) is 81.1. The predicted octanol–water partition coefficient (Wildman–Crippen LogP) is 21.1. The molecule has 8 aromatic carbocycles. The van der Waals surface area contributed by atoms with Gasteiger partial charge >= 0.3 is 5.97 Å². The lowest BCUT2D eigenvalue weighted by Crippen LogP contribution is -2.44. The van der Waals surface area contributed by atoms with Gasteiger partial charge in [0.05, 0.1) is 94.2 Å². The first kappa shape index (κ1) is 97.3. The van der Waals surface area contributed by atoms with Gasteiger partial charge in [-0.3, -0.25) is 44.3 Å². The molecule has 4 fully saturated rings. The number of thiazole rings is 2. The van der Waals surface area contributed by atoms with Gasteiger partial charge in [-0.1, -0.05) is 142 Å². The number of carboxylic acid groups (broad SMARTS) is 1. The Balaban J connectivity index is 0.000000128. The molecule has 4 aliphatic heterocycles. The first-order valence-corrected chi connectivity index (χ1v) is 50.4. The summed E-state index contributed by atoms with van der Waals surface area (Å²) in [5.41, 5.74) is 16.8. The van der Waals surface area contributed by atoms with Gasteiger partial charge in [-0.15, -0.1) is 22.7 Å². The fourth-order valence-corrected chi connectivity index (χ4v) is 21.7. The van der Waals surface area contributed by atoms with E-state index in [-0.39, 0.29) is 30.5 Å². The van der Waals surface area contributed by atoms with E-state index in [4.69, 9.17) is 34.4 Å². The molecule has 4 aliphatic rings. The van der Waals surface area contributed by atoms with Crippen LogP contribution in [0.5, 0.6) is 17.2 Å². The molecule has 8 aromatic heterocycles. The molecule has 25 nitrogen and oxygen atoms in total. The normalized spacial score (nSPS) is 15.7. The molecule has 3 atom stereocenters. The number of fused-ring (bicyclic) bond motifs is 4. The van der Waals surface area contributed by atoms with Crippen molar-refractivity contribution < 1.29 is 34.0 Å². The average Bonchev–Trinajstić information content (AvgIpc) is 1.75. The van der Waals surface area contributed by atoms with E-state index < -0.39 is 11.6 Å². The Bertz CT molecular complexity index is 6760. The summed E-state index contributed by atoms with van der Waals surface area (Å²) in [6.45, 7) is 29.3. The van der Waals surface area contributed by atoms with E-state index in [0.29, 0.717) is 18.1 Å². The van der Waals surface area contributed by atoms with Crippen molar-refractivity contribution in [1.82, 2.24) is 69.1 Å². The molecule has 27 heteroatoms. The number of methoxy groups -OCH3 is 2. The van der Waals surface area contributed by atoms with Crippen molar-refractivity contribution in [2.45, 2.75) is 123 Å². The molecular formula is C112H126N18O7S2. The zero-order chi connectivity index (χ0) is 96.3. The fourth-order valence-electron chi connectivity index (χ4n) is 19.9. The van der Waals surface area contributed by atoms with Crippen molar-refractivity contribution in [3.8, 4) is 49.8 Å². The van der Waals surface area contributed by atoms with E-state index in [0.717, 1.165) is 260 Å². The third-order valence-electron chi connectivity index (χ3n) is 26.6. The van der Waals surface area contributed by atoms with Crippen LogP contribution >= 0.6 is 22.7 Å². The highest BCUT2D eigenvalue weighted by molar-refractivity contribution is 7.15. The molecule has 12 heterocycles. The predicted molar refractivity (Wildman–Crippen MR) is 562 cm³/mol. The number of nitrogens with zero attached hydrogens (tertiary/aromatic N) is 18. The second kappa shape index (κ2) is 45.9. The molecule has 16 aromatic rings. The Morgan fingerprint density at radius 3 is 1.50 bits per heavy atom. The quantitative estimate of drug-likeness (QED) is 0.0512. The second-order valence-electron chi connectivity index (χ2n) is 36.9. The van der Waals surface area contributed by atoms with Crippen LogP contribution < -0.4 is 33.8 Å². The summed E-state index contributed by atoms with van der Waals surface area (Å²) in [5.74, 6) is 1.99. The molecule has 139 heavy (non-hydrogen) atoms. The molecule has 0 spiro atoms. The van der Waals surface area contributed by atoms with Crippen LogP contribution in [0.2, 0.25) is 0 Å². The van der Waals surface area contributed by atoms with Gasteiger partial charge in [0.2, 0.25) is 0 Å². The number of aliphatic carboxylic acids is 1. The molecule has 3 unspecified atom stereocenters. The second-order valence-corrected chi connectivity index (χ2v) is 38.9. The highest BCUT2D eigenvalue weighted by Gasteiger charge is 2.38. The number of carboxylic acids is 1. The molecule has 4 saturated heterocycles. The summed E-state index contributed by atoms with van der Waals surface area (Å²) in [6.07, 6.45) is 18.9. The van der Waals surface area contributed by atoms with Gasteiger partial charge < -0.3 is 44.0 Å². The third-order valence-corrected chi connectivity index (χ3v) is 28.5. The first-order valence-electron chi connectivity index (χ1n) is 48.7. The van der Waals surface area contributed by atoms with Crippen LogP contribution in [0.25, 0.3) is 76.1 Å². The molecule has 2 N–H and O–H groups in total. The maximum Gasteiger partial charge on any atom is 0.341 e. The molecule has 0 saturated carbocycles. The Labute approximate surface area is 823 Å². The number of aryl methyl sites for hydroxylation is 1.